The van der Waals surface area contributed by atoms with Gasteiger partial charge in [-0.25, -0.2) is 0 Å². The lowest BCUT2D eigenvalue weighted by Crippen LogP contribution is -2.45. The van der Waals surface area contributed by atoms with Crippen LogP contribution in [0.25, 0.3) is 0 Å². The van der Waals surface area contributed by atoms with Gasteiger partial charge in [0.1, 0.15) is 5.78 Å². The number of carbonyl (C=O) groups excluding carboxylic acids is 2. The number of amides is 1. The Labute approximate surface area is 276 Å². The standard InChI is InChI=1S/C38H71NO6/c1-3-5-7-8-9-10-11-12-13-14-15-16-21-25-35(42)34(30-40)39-38(45)26-22-18-17-20-24-32-33(37(44)29-36(32)43)28-27-31(41)23-19-6-4-2/h27-28,31-36,40-43H,3-26,29-30H2,1-2H3,(H,39,45)/b28-27+/t31-,32+,33+,34-,35+,36-/m0/s1. The van der Waals surface area contributed by atoms with Crippen LogP contribution in [0.4, 0.5) is 0 Å². The van der Waals surface area contributed by atoms with E-state index in [1.54, 1.807) is 6.08 Å². The third kappa shape index (κ3) is 20.5. The minimum atomic E-state index is -0.730. The third-order valence-corrected chi connectivity index (χ3v) is 9.68. The molecule has 6 atom stereocenters. The number of hydrogen-bond acceptors (Lipinski definition) is 6. The zero-order chi connectivity index (χ0) is 33.1. The van der Waals surface area contributed by atoms with E-state index in [2.05, 4.69) is 19.2 Å². The Bertz CT molecular complexity index is 759. The van der Waals surface area contributed by atoms with Crippen molar-refractivity contribution in [2.24, 2.45) is 11.8 Å². The zero-order valence-corrected chi connectivity index (χ0v) is 29.1. The van der Waals surface area contributed by atoms with Crippen molar-refractivity contribution in [1.29, 1.82) is 0 Å². The van der Waals surface area contributed by atoms with Crippen LogP contribution in [0.2, 0.25) is 0 Å². The lowest BCUT2D eigenvalue weighted by Gasteiger charge is -2.22. The van der Waals surface area contributed by atoms with Crippen molar-refractivity contribution in [2.45, 2.75) is 199 Å². The maximum atomic E-state index is 12.4. The highest BCUT2D eigenvalue weighted by Crippen LogP contribution is 2.34. The smallest absolute Gasteiger partial charge is 0.220 e. The molecule has 1 fully saturated rings. The van der Waals surface area contributed by atoms with Gasteiger partial charge in [-0.15, -0.1) is 0 Å². The maximum absolute atomic E-state index is 12.4. The molecule has 0 unspecified atom stereocenters. The quantitative estimate of drug-likeness (QED) is 0.0406. The van der Waals surface area contributed by atoms with Gasteiger partial charge in [-0.1, -0.05) is 148 Å². The Morgan fingerprint density at radius 1 is 0.778 bits per heavy atom. The summed E-state index contributed by atoms with van der Waals surface area (Å²) in [5.74, 6) is -0.524. The Kier molecular flexibility index (Phi) is 25.8. The molecule has 0 aromatic heterocycles. The van der Waals surface area contributed by atoms with Crippen molar-refractivity contribution in [3.8, 4) is 0 Å². The summed E-state index contributed by atoms with van der Waals surface area (Å²) in [6.07, 6.45) is 27.3. The first-order valence-corrected chi connectivity index (χ1v) is 19.0. The highest BCUT2D eigenvalue weighted by Gasteiger charge is 2.39. The van der Waals surface area contributed by atoms with E-state index in [0.717, 1.165) is 64.2 Å². The number of carbonyl (C=O) groups is 2. The van der Waals surface area contributed by atoms with Crippen molar-refractivity contribution in [2.75, 3.05) is 6.61 Å². The summed E-state index contributed by atoms with van der Waals surface area (Å²) in [4.78, 5) is 24.9. The van der Waals surface area contributed by atoms with E-state index in [1.165, 1.54) is 70.6 Å². The fourth-order valence-electron chi connectivity index (χ4n) is 6.68. The van der Waals surface area contributed by atoms with Crippen LogP contribution in [0.1, 0.15) is 174 Å². The van der Waals surface area contributed by atoms with E-state index in [4.69, 9.17) is 0 Å². The SMILES string of the molecule is CCCCCCCCCCCCCCC[C@@H](O)[C@H](CO)NC(=O)CCCCCC[C@H]1[C@@H](O)CC(=O)[C@@H]1/C=C/[C@@H](O)CCCCC. The van der Waals surface area contributed by atoms with E-state index in [1.807, 2.05) is 6.08 Å². The second-order valence-electron chi connectivity index (χ2n) is 13.8. The molecule has 0 radical (unpaired) electrons. The van der Waals surface area contributed by atoms with Gasteiger partial charge in [0.05, 0.1) is 31.0 Å². The molecule has 0 aromatic rings. The van der Waals surface area contributed by atoms with Gasteiger partial charge in [0.15, 0.2) is 0 Å². The Morgan fingerprint density at radius 2 is 1.29 bits per heavy atom. The minimum Gasteiger partial charge on any atom is -0.394 e. The summed E-state index contributed by atoms with van der Waals surface area (Å²) in [7, 11) is 0. The van der Waals surface area contributed by atoms with Gasteiger partial charge in [-0.2, -0.15) is 0 Å². The van der Waals surface area contributed by atoms with Crippen molar-refractivity contribution in [3.05, 3.63) is 12.2 Å². The van der Waals surface area contributed by atoms with Gasteiger partial charge in [0, 0.05) is 18.8 Å². The fraction of sp³-hybridized carbons (Fsp3) is 0.895. The molecular weight excluding hydrogens is 566 g/mol. The largest absolute Gasteiger partial charge is 0.394 e. The number of Topliss-reactive ketones (excluding diaryl/α,β-unsaturated/α-hetero) is 1. The van der Waals surface area contributed by atoms with E-state index in [9.17, 15) is 30.0 Å². The van der Waals surface area contributed by atoms with Crippen molar-refractivity contribution in [3.63, 3.8) is 0 Å². The molecule has 0 saturated heterocycles. The molecule has 7 heteroatoms. The second-order valence-corrected chi connectivity index (χ2v) is 13.8. The summed E-state index contributed by atoms with van der Waals surface area (Å²) in [6.45, 7) is 4.12. The average Bonchev–Trinajstić information content (AvgIpc) is 3.29. The highest BCUT2D eigenvalue weighted by molar-refractivity contribution is 5.86. The summed E-state index contributed by atoms with van der Waals surface area (Å²) in [5.41, 5.74) is 0. The van der Waals surface area contributed by atoms with Gasteiger partial charge in [-0.3, -0.25) is 9.59 Å². The lowest BCUT2D eigenvalue weighted by molar-refractivity contribution is -0.123. The molecule has 1 saturated carbocycles. The molecule has 0 bridgehead atoms. The Balaban J connectivity index is 2.14. The maximum Gasteiger partial charge on any atom is 0.220 e. The normalized spacial score (nSPS) is 20.6. The molecule has 264 valence electrons. The number of rotatable bonds is 30. The van der Waals surface area contributed by atoms with Crippen molar-refractivity contribution < 1.29 is 30.0 Å². The monoisotopic (exact) mass is 638 g/mol. The van der Waals surface area contributed by atoms with Crippen LogP contribution >= 0.6 is 0 Å². The summed E-state index contributed by atoms with van der Waals surface area (Å²) in [5, 5.41) is 43.7. The van der Waals surface area contributed by atoms with E-state index in [0.29, 0.717) is 19.3 Å². The summed E-state index contributed by atoms with van der Waals surface area (Å²) >= 11 is 0. The van der Waals surface area contributed by atoms with E-state index in [-0.39, 0.29) is 36.6 Å². The molecule has 45 heavy (non-hydrogen) atoms. The molecule has 1 rings (SSSR count). The first-order valence-electron chi connectivity index (χ1n) is 19.0. The van der Waals surface area contributed by atoms with Gasteiger partial charge in [0.2, 0.25) is 5.91 Å². The zero-order valence-electron chi connectivity index (χ0n) is 29.1. The molecule has 1 aliphatic rings. The number of ketones is 1. The Morgan fingerprint density at radius 3 is 1.89 bits per heavy atom. The summed E-state index contributed by atoms with van der Waals surface area (Å²) in [6, 6.07) is -0.619. The lowest BCUT2D eigenvalue weighted by atomic mass is 9.88. The first-order chi connectivity index (χ1) is 21.8. The van der Waals surface area contributed by atoms with Crippen LogP contribution in [0.15, 0.2) is 12.2 Å². The van der Waals surface area contributed by atoms with Crippen molar-refractivity contribution >= 4 is 11.7 Å². The fourth-order valence-corrected chi connectivity index (χ4v) is 6.68. The van der Waals surface area contributed by atoms with Crippen LogP contribution in [-0.4, -0.2) is 63.1 Å². The average molecular weight is 638 g/mol. The molecular formula is C38H71NO6. The van der Waals surface area contributed by atoms with Crippen LogP contribution in [0.5, 0.6) is 0 Å². The molecule has 0 spiro atoms. The minimum absolute atomic E-state index is 0.0517. The summed E-state index contributed by atoms with van der Waals surface area (Å²) < 4.78 is 0. The number of unbranched alkanes of at least 4 members (excludes halogenated alkanes) is 17. The number of allylic oxidation sites excluding steroid dienone is 1. The molecule has 7 nitrogen and oxygen atoms in total. The number of nitrogens with one attached hydrogen (secondary N) is 1. The van der Waals surface area contributed by atoms with Crippen LogP contribution in [0, 0.1) is 11.8 Å². The van der Waals surface area contributed by atoms with E-state index >= 15 is 0 Å². The van der Waals surface area contributed by atoms with Crippen LogP contribution in [-0.2, 0) is 9.59 Å². The van der Waals surface area contributed by atoms with Gasteiger partial charge in [-0.05, 0) is 31.6 Å². The van der Waals surface area contributed by atoms with Gasteiger partial charge < -0.3 is 25.7 Å². The van der Waals surface area contributed by atoms with Gasteiger partial charge >= 0.3 is 0 Å². The number of aliphatic hydroxyl groups excluding tert-OH is 4. The first kappa shape index (κ1) is 41.7. The van der Waals surface area contributed by atoms with Crippen molar-refractivity contribution in [1.82, 2.24) is 5.32 Å². The Hall–Kier alpha value is -1.28. The molecule has 0 aliphatic heterocycles. The molecule has 5 N–H and O–H groups in total. The predicted octanol–water partition coefficient (Wildman–Crippen LogP) is 7.71. The third-order valence-electron chi connectivity index (χ3n) is 9.68. The predicted molar refractivity (Wildman–Crippen MR) is 185 cm³/mol. The van der Waals surface area contributed by atoms with Gasteiger partial charge in [0.25, 0.3) is 0 Å². The molecule has 1 aliphatic carbocycles. The highest BCUT2D eigenvalue weighted by atomic mass is 16.3. The molecule has 0 aromatic carbocycles. The number of aliphatic hydroxyl groups is 4. The second kappa shape index (κ2) is 27.8. The number of hydrogen-bond donors (Lipinski definition) is 5. The molecule has 1 amide bonds. The van der Waals surface area contributed by atoms with Crippen LogP contribution < -0.4 is 5.32 Å². The van der Waals surface area contributed by atoms with E-state index < -0.39 is 24.4 Å². The van der Waals surface area contributed by atoms with Crippen LogP contribution in [0.3, 0.4) is 0 Å². The molecule has 0 heterocycles. The topological polar surface area (TPSA) is 127 Å².